The number of benzene rings is 1. The minimum absolute atomic E-state index is 0.662. The molecule has 0 radical (unpaired) electrons. The van der Waals surface area contributed by atoms with E-state index < -0.39 is 11.4 Å². The predicted octanol–water partition coefficient (Wildman–Crippen LogP) is 3.55. The molecule has 1 aromatic rings. The highest BCUT2D eigenvalue weighted by atomic mass is 16.5. The van der Waals surface area contributed by atoms with Crippen molar-refractivity contribution in [3.8, 4) is 11.5 Å². The first-order chi connectivity index (χ1) is 10.1. The van der Waals surface area contributed by atoms with Gasteiger partial charge in [0.15, 0.2) is 0 Å². The van der Waals surface area contributed by atoms with Gasteiger partial charge in [-0.05, 0) is 37.0 Å². The fraction of sp³-hybridized carbons (Fsp3) is 0.588. The van der Waals surface area contributed by atoms with Gasteiger partial charge in [-0.1, -0.05) is 26.2 Å². The summed E-state index contributed by atoms with van der Waals surface area (Å²) in [6.07, 6.45) is 5.09. The van der Waals surface area contributed by atoms with Gasteiger partial charge in [0.25, 0.3) is 0 Å². The monoisotopic (exact) mass is 292 g/mol. The zero-order valence-corrected chi connectivity index (χ0v) is 13.1. The lowest BCUT2D eigenvalue weighted by molar-refractivity contribution is -0.143. The minimum atomic E-state index is -0.830. The largest absolute Gasteiger partial charge is 0.496 e. The molecule has 4 heteroatoms. The molecule has 0 heterocycles. The molecule has 0 aliphatic heterocycles. The minimum Gasteiger partial charge on any atom is -0.496 e. The Balaban J connectivity index is 2.58. The molecule has 1 aromatic carbocycles. The number of aliphatic carboxylic acids is 1. The van der Waals surface area contributed by atoms with Gasteiger partial charge in [0.2, 0.25) is 0 Å². The van der Waals surface area contributed by atoms with Crippen molar-refractivity contribution < 1.29 is 19.4 Å². The van der Waals surface area contributed by atoms with Crippen molar-refractivity contribution in [2.24, 2.45) is 0 Å². The number of carbonyl (C=O) groups is 1. The molecule has 116 valence electrons. The second-order valence-electron chi connectivity index (χ2n) is 5.71. The quantitative estimate of drug-likeness (QED) is 0.871. The van der Waals surface area contributed by atoms with Crippen molar-refractivity contribution in [3.05, 3.63) is 23.3 Å². The molecule has 0 saturated heterocycles. The Morgan fingerprint density at radius 3 is 2.29 bits per heavy atom. The van der Waals surface area contributed by atoms with E-state index in [4.69, 9.17) is 9.47 Å². The van der Waals surface area contributed by atoms with Gasteiger partial charge < -0.3 is 14.6 Å². The molecular formula is C17H24O4. The third-order valence-electron chi connectivity index (χ3n) is 4.50. The van der Waals surface area contributed by atoms with Crippen LogP contribution in [0.4, 0.5) is 0 Å². The fourth-order valence-corrected chi connectivity index (χ4v) is 3.38. The molecule has 0 aromatic heterocycles. The van der Waals surface area contributed by atoms with E-state index in [-0.39, 0.29) is 0 Å². The number of hydrogen-bond acceptors (Lipinski definition) is 3. The third-order valence-corrected chi connectivity index (χ3v) is 4.50. The van der Waals surface area contributed by atoms with Crippen molar-refractivity contribution in [1.82, 2.24) is 0 Å². The van der Waals surface area contributed by atoms with Crippen LogP contribution in [-0.2, 0) is 16.6 Å². The Morgan fingerprint density at radius 1 is 1.19 bits per heavy atom. The zero-order valence-electron chi connectivity index (χ0n) is 13.1. The molecule has 0 bridgehead atoms. The molecule has 1 fully saturated rings. The summed E-state index contributed by atoms with van der Waals surface area (Å²) in [5.74, 6) is 0.673. The van der Waals surface area contributed by atoms with Crippen LogP contribution in [0.5, 0.6) is 11.5 Å². The summed E-state index contributed by atoms with van der Waals surface area (Å²) >= 11 is 0. The van der Waals surface area contributed by atoms with Gasteiger partial charge >= 0.3 is 5.97 Å². The normalized spacial score (nSPS) is 16.7. The highest BCUT2D eigenvalue weighted by molar-refractivity contribution is 5.83. The van der Waals surface area contributed by atoms with Crippen LogP contribution in [0, 0.1) is 0 Å². The van der Waals surface area contributed by atoms with Gasteiger partial charge in [0.05, 0.1) is 19.6 Å². The fourth-order valence-electron chi connectivity index (χ4n) is 3.38. The maximum Gasteiger partial charge on any atom is 0.314 e. The van der Waals surface area contributed by atoms with Gasteiger partial charge in [0.1, 0.15) is 11.5 Å². The summed E-state index contributed by atoms with van der Waals surface area (Å²) in [7, 11) is 3.23. The number of carboxylic acids is 1. The summed E-state index contributed by atoms with van der Waals surface area (Å²) in [6, 6.07) is 3.82. The number of aryl methyl sites for hydroxylation is 1. The van der Waals surface area contributed by atoms with E-state index >= 15 is 0 Å². The average Bonchev–Trinajstić information content (AvgIpc) is 2.97. The molecule has 21 heavy (non-hydrogen) atoms. The van der Waals surface area contributed by atoms with Gasteiger partial charge in [0, 0.05) is 5.56 Å². The van der Waals surface area contributed by atoms with Crippen molar-refractivity contribution in [2.75, 3.05) is 14.2 Å². The molecule has 1 saturated carbocycles. The highest BCUT2D eigenvalue weighted by Crippen LogP contribution is 2.47. The van der Waals surface area contributed by atoms with Crippen LogP contribution in [0.2, 0.25) is 0 Å². The predicted molar refractivity (Wildman–Crippen MR) is 81.3 cm³/mol. The first kappa shape index (κ1) is 15.7. The van der Waals surface area contributed by atoms with Crippen LogP contribution >= 0.6 is 0 Å². The zero-order chi connectivity index (χ0) is 15.5. The Labute approximate surface area is 126 Å². The second-order valence-corrected chi connectivity index (χ2v) is 5.71. The number of carboxylic acid groups (broad SMARTS) is 1. The number of rotatable bonds is 6. The van der Waals surface area contributed by atoms with E-state index in [0.717, 1.165) is 42.6 Å². The van der Waals surface area contributed by atoms with Gasteiger partial charge in [-0.15, -0.1) is 0 Å². The summed E-state index contributed by atoms with van der Waals surface area (Å²) in [5.41, 5.74) is 0.995. The second kappa shape index (κ2) is 6.37. The van der Waals surface area contributed by atoms with E-state index in [1.165, 1.54) is 0 Å². The summed E-state index contributed by atoms with van der Waals surface area (Å²) < 4.78 is 11.0. The van der Waals surface area contributed by atoms with E-state index in [9.17, 15) is 9.90 Å². The van der Waals surface area contributed by atoms with E-state index in [1.54, 1.807) is 14.2 Å². The maximum absolute atomic E-state index is 11.9. The van der Waals surface area contributed by atoms with Crippen LogP contribution in [0.25, 0.3) is 0 Å². The van der Waals surface area contributed by atoms with Crippen LogP contribution in [0.3, 0.4) is 0 Å². The topological polar surface area (TPSA) is 55.8 Å². The lowest BCUT2D eigenvalue weighted by Gasteiger charge is -2.27. The average molecular weight is 292 g/mol. The smallest absolute Gasteiger partial charge is 0.314 e. The van der Waals surface area contributed by atoms with E-state index in [2.05, 4.69) is 6.92 Å². The number of hydrogen-bond donors (Lipinski definition) is 1. The maximum atomic E-state index is 11.9. The molecule has 1 aliphatic rings. The van der Waals surface area contributed by atoms with Crippen molar-refractivity contribution >= 4 is 5.97 Å². The van der Waals surface area contributed by atoms with E-state index in [1.807, 2.05) is 12.1 Å². The number of methoxy groups -OCH3 is 2. The van der Waals surface area contributed by atoms with Crippen molar-refractivity contribution in [1.29, 1.82) is 0 Å². The lowest BCUT2D eigenvalue weighted by Crippen LogP contribution is -2.33. The standard InChI is InChI=1S/C17H24O4/c1-4-7-12-10-15(21-3)13(11-14(12)20-2)17(16(18)19)8-5-6-9-17/h10-11H,4-9H2,1-3H3,(H,18,19). The van der Waals surface area contributed by atoms with Crippen molar-refractivity contribution in [3.63, 3.8) is 0 Å². The first-order valence-electron chi connectivity index (χ1n) is 7.57. The number of ether oxygens (including phenoxy) is 2. The van der Waals surface area contributed by atoms with Crippen LogP contribution in [-0.4, -0.2) is 25.3 Å². The Kier molecular flexibility index (Phi) is 4.76. The summed E-state index contributed by atoms with van der Waals surface area (Å²) in [6.45, 7) is 2.11. The van der Waals surface area contributed by atoms with Gasteiger partial charge in [-0.3, -0.25) is 4.79 Å². The van der Waals surface area contributed by atoms with Gasteiger partial charge in [-0.2, -0.15) is 0 Å². The Hall–Kier alpha value is -1.71. The molecule has 1 aliphatic carbocycles. The summed E-state index contributed by atoms with van der Waals surface area (Å²) in [5, 5.41) is 9.78. The molecule has 1 N–H and O–H groups in total. The molecular weight excluding hydrogens is 268 g/mol. The molecule has 0 atom stereocenters. The van der Waals surface area contributed by atoms with Crippen LogP contribution in [0.15, 0.2) is 12.1 Å². The molecule has 0 amide bonds. The van der Waals surface area contributed by atoms with Gasteiger partial charge in [-0.25, -0.2) is 0 Å². The Bertz CT molecular complexity index is 516. The molecule has 2 rings (SSSR count). The Morgan fingerprint density at radius 2 is 1.81 bits per heavy atom. The first-order valence-corrected chi connectivity index (χ1v) is 7.57. The SMILES string of the molecule is CCCc1cc(OC)c(C2(C(=O)O)CCCC2)cc1OC. The lowest BCUT2D eigenvalue weighted by atomic mass is 9.77. The highest BCUT2D eigenvalue weighted by Gasteiger charge is 2.45. The van der Waals surface area contributed by atoms with Crippen LogP contribution < -0.4 is 9.47 Å². The third kappa shape index (κ3) is 2.71. The van der Waals surface area contributed by atoms with Crippen LogP contribution in [0.1, 0.15) is 50.2 Å². The molecule has 0 spiro atoms. The van der Waals surface area contributed by atoms with E-state index in [0.29, 0.717) is 18.6 Å². The summed E-state index contributed by atoms with van der Waals surface area (Å²) in [4.78, 5) is 11.9. The molecule has 4 nitrogen and oxygen atoms in total. The molecule has 0 unspecified atom stereocenters. The van der Waals surface area contributed by atoms with Crippen molar-refractivity contribution in [2.45, 2.75) is 50.9 Å².